The molecule has 3 rings (SSSR count). The molecule has 1 heterocycles. The van der Waals surface area contributed by atoms with E-state index in [1.807, 2.05) is 44.4 Å². The predicted octanol–water partition coefficient (Wildman–Crippen LogP) is 0.0903. The number of primary amides is 1. The lowest BCUT2D eigenvalue weighted by molar-refractivity contribution is -0.134. The van der Waals surface area contributed by atoms with Gasteiger partial charge in [-0.1, -0.05) is 74.5 Å². The zero-order valence-corrected chi connectivity index (χ0v) is 30.1. The number of hydrogen-bond donors (Lipinski definition) is 7. The molecule has 0 radical (unpaired) electrons. The lowest BCUT2D eigenvalue weighted by atomic mass is 10.0. The van der Waals surface area contributed by atoms with Crippen LogP contribution < -0.4 is 37.6 Å². The van der Waals surface area contributed by atoms with Gasteiger partial charge >= 0.3 is 0 Å². The zero-order valence-electron chi connectivity index (χ0n) is 29.2. The van der Waals surface area contributed by atoms with Crippen molar-refractivity contribution in [1.82, 2.24) is 31.9 Å². The Kier molecular flexibility index (Phi) is 16.4. The summed E-state index contributed by atoms with van der Waals surface area (Å²) in [5.41, 5.74) is 6.98. The van der Waals surface area contributed by atoms with Crippen LogP contribution in [0, 0.1) is 5.92 Å². The maximum atomic E-state index is 13.8. The Morgan fingerprint density at radius 1 is 0.784 bits per heavy atom. The molecule has 5 atom stereocenters. The van der Waals surface area contributed by atoms with E-state index in [9.17, 15) is 33.6 Å². The van der Waals surface area contributed by atoms with Gasteiger partial charge in [0.15, 0.2) is 0 Å². The van der Waals surface area contributed by atoms with Gasteiger partial charge in [-0.2, -0.15) is 11.8 Å². The highest BCUT2D eigenvalue weighted by molar-refractivity contribution is 7.98. The van der Waals surface area contributed by atoms with Gasteiger partial charge in [0, 0.05) is 19.3 Å². The Morgan fingerprint density at radius 3 is 1.84 bits per heavy atom. The van der Waals surface area contributed by atoms with Crippen LogP contribution in [0.4, 0.5) is 0 Å². The summed E-state index contributed by atoms with van der Waals surface area (Å²) in [5, 5.41) is 15.9. The second-order valence-electron chi connectivity index (χ2n) is 12.9. The molecular weight excluding hydrogens is 675 g/mol. The maximum absolute atomic E-state index is 13.8. The third kappa shape index (κ3) is 14.1. The van der Waals surface area contributed by atoms with Crippen LogP contribution >= 0.6 is 11.8 Å². The quantitative estimate of drug-likeness (QED) is 0.0991. The molecule has 0 saturated carbocycles. The van der Waals surface area contributed by atoms with Crippen LogP contribution in [-0.2, 0) is 46.4 Å². The first-order valence-electron chi connectivity index (χ1n) is 17.0. The minimum absolute atomic E-state index is 0.00796. The molecule has 0 aliphatic carbocycles. The molecule has 0 aromatic heterocycles. The van der Waals surface area contributed by atoms with Gasteiger partial charge < -0.3 is 37.6 Å². The fourth-order valence-electron chi connectivity index (χ4n) is 5.51. The number of carbonyl (C=O) groups is 7. The van der Waals surface area contributed by atoms with Crippen LogP contribution in [-0.4, -0.2) is 90.1 Å². The van der Waals surface area contributed by atoms with Gasteiger partial charge in [-0.05, 0) is 48.3 Å². The smallest absolute Gasteiger partial charge is 0.243 e. The van der Waals surface area contributed by atoms with Crippen LogP contribution in [0.5, 0.6) is 0 Å². The van der Waals surface area contributed by atoms with Crippen molar-refractivity contribution in [3.05, 3.63) is 71.8 Å². The van der Waals surface area contributed by atoms with Gasteiger partial charge in [0.1, 0.15) is 30.2 Å². The minimum atomic E-state index is -1.14. The van der Waals surface area contributed by atoms with Crippen LogP contribution in [0.3, 0.4) is 0 Å². The van der Waals surface area contributed by atoms with Crippen molar-refractivity contribution in [2.24, 2.45) is 11.7 Å². The van der Waals surface area contributed by atoms with Gasteiger partial charge in [0.2, 0.25) is 41.4 Å². The number of carbonyl (C=O) groups excluding carboxylic acids is 7. The van der Waals surface area contributed by atoms with Crippen LogP contribution in [0.25, 0.3) is 0 Å². The van der Waals surface area contributed by atoms with E-state index in [0.29, 0.717) is 18.6 Å². The molecule has 1 aliphatic heterocycles. The first-order chi connectivity index (χ1) is 24.4. The summed E-state index contributed by atoms with van der Waals surface area (Å²) in [5.74, 6) is -3.34. The highest BCUT2D eigenvalue weighted by Crippen LogP contribution is 2.11. The number of thioether (sulfide) groups is 1. The predicted molar refractivity (Wildman–Crippen MR) is 194 cm³/mol. The van der Waals surface area contributed by atoms with Crippen LogP contribution in [0.15, 0.2) is 60.7 Å². The molecule has 2 aromatic rings. The van der Waals surface area contributed by atoms with E-state index >= 15 is 0 Å². The van der Waals surface area contributed by atoms with E-state index in [0.717, 1.165) is 11.1 Å². The van der Waals surface area contributed by atoms with E-state index in [2.05, 4.69) is 31.9 Å². The van der Waals surface area contributed by atoms with Gasteiger partial charge in [-0.15, -0.1) is 0 Å². The van der Waals surface area contributed by atoms with Crippen molar-refractivity contribution >= 4 is 53.1 Å². The molecule has 0 bridgehead atoms. The molecule has 1 fully saturated rings. The SMILES string of the molecule is CSCC[C@H](NC(=O)[C@H](CC(C)C)NC(=O)CNC(=O)[C@H](Cc1ccccc1)NC(=O)[C@@H](Cc1ccccc1)NC(=O)[C@@H]1CCC(=O)N1)C(N)=O. The average molecular weight is 724 g/mol. The monoisotopic (exact) mass is 723 g/mol. The van der Waals surface area contributed by atoms with Crippen molar-refractivity contribution in [2.75, 3.05) is 18.6 Å². The van der Waals surface area contributed by atoms with Gasteiger partial charge in [-0.25, -0.2) is 0 Å². The topological polar surface area (TPSA) is 218 Å². The molecule has 8 N–H and O–H groups in total. The van der Waals surface area contributed by atoms with Crippen molar-refractivity contribution in [1.29, 1.82) is 0 Å². The Labute approximate surface area is 302 Å². The summed E-state index contributed by atoms with van der Waals surface area (Å²) in [6.07, 6.45) is 3.17. The summed E-state index contributed by atoms with van der Waals surface area (Å²) < 4.78 is 0. The molecule has 15 heteroatoms. The lowest BCUT2D eigenvalue weighted by Crippen LogP contribution is -2.58. The van der Waals surface area contributed by atoms with E-state index in [1.54, 1.807) is 36.4 Å². The highest BCUT2D eigenvalue weighted by atomic mass is 32.2. The zero-order chi connectivity index (χ0) is 37.3. The number of amides is 7. The molecule has 51 heavy (non-hydrogen) atoms. The number of nitrogens with one attached hydrogen (secondary N) is 6. The highest BCUT2D eigenvalue weighted by Gasteiger charge is 2.33. The number of nitrogens with two attached hydrogens (primary N) is 1. The van der Waals surface area contributed by atoms with Gasteiger partial charge in [-0.3, -0.25) is 33.6 Å². The number of benzene rings is 2. The number of rotatable bonds is 20. The molecule has 0 unspecified atom stereocenters. The molecule has 1 saturated heterocycles. The Bertz CT molecular complexity index is 1510. The fourth-order valence-corrected chi connectivity index (χ4v) is 5.98. The van der Waals surface area contributed by atoms with Gasteiger partial charge in [0.25, 0.3) is 0 Å². The molecule has 2 aromatic carbocycles. The average Bonchev–Trinajstić information content (AvgIpc) is 3.54. The summed E-state index contributed by atoms with van der Waals surface area (Å²) >= 11 is 1.50. The molecular formula is C36H49N7O7S. The largest absolute Gasteiger partial charge is 0.368 e. The lowest BCUT2D eigenvalue weighted by Gasteiger charge is -2.25. The van der Waals surface area contributed by atoms with E-state index < -0.39 is 72.2 Å². The molecule has 7 amide bonds. The third-order valence-electron chi connectivity index (χ3n) is 8.20. The number of hydrogen-bond acceptors (Lipinski definition) is 8. The Balaban J connectivity index is 1.73. The van der Waals surface area contributed by atoms with Crippen molar-refractivity contribution in [2.45, 2.75) is 82.6 Å². The molecule has 1 aliphatic rings. The summed E-state index contributed by atoms with van der Waals surface area (Å²) in [7, 11) is 0. The van der Waals surface area contributed by atoms with Crippen molar-refractivity contribution in [3.63, 3.8) is 0 Å². The van der Waals surface area contributed by atoms with Gasteiger partial charge in [0.05, 0.1) is 6.54 Å². The minimum Gasteiger partial charge on any atom is -0.368 e. The molecule has 14 nitrogen and oxygen atoms in total. The van der Waals surface area contributed by atoms with Crippen LogP contribution in [0.2, 0.25) is 0 Å². The maximum Gasteiger partial charge on any atom is 0.243 e. The first-order valence-corrected chi connectivity index (χ1v) is 18.4. The van der Waals surface area contributed by atoms with E-state index in [-0.39, 0.29) is 37.5 Å². The second kappa shape index (κ2) is 20.7. The Morgan fingerprint density at radius 2 is 1.33 bits per heavy atom. The summed E-state index contributed by atoms with van der Waals surface area (Å²) in [6.45, 7) is 3.25. The molecule has 276 valence electrons. The summed E-state index contributed by atoms with van der Waals surface area (Å²) in [4.78, 5) is 90.2. The van der Waals surface area contributed by atoms with E-state index in [1.165, 1.54) is 11.8 Å². The molecule has 0 spiro atoms. The van der Waals surface area contributed by atoms with Crippen molar-refractivity contribution < 1.29 is 33.6 Å². The second-order valence-corrected chi connectivity index (χ2v) is 13.9. The Hall–Kier alpha value is -4.92. The third-order valence-corrected chi connectivity index (χ3v) is 8.84. The fraction of sp³-hybridized carbons (Fsp3) is 0.472. The standard InChI is InChI=1S/C36H49N7O7S/c1-22(2)18-27(35(49)41-25(32(37)46)16-17-51-3)40-31(45)21-38-33(47)28(19-23-10-6-4-7-11-23)42-36(50)29(20-24-12-8-5-9-13-24)43-34(48)26-14-15-30(44)39-26/h4-13,22,25-29H,14-21H2,1-3H3,(H2,37,46)(H,38,47)(H,39,44)(H,40,45)(H,41,49)(H,42,50)(H,43,48)/t25-,26-,27-,28-,29+/m0/s1. The first kappa shape index (κ1) is 40.5. The van der Waals surface area contributed by atoms with E-state index in [4.69, 9.17) is 5.73 Å². The summed E-state index contributed by atoms with van der Waals surface area (Å²) in [6, 6.07) is 13.1. The van der Waals surface area contributed by atoms with Crippen molar-refractivity contribution in [3.8, 4) is 0 Å². The van der Waals surface area contributed by atoms with Crippen LogP contribution in [0.1, 0.15) is 50.7 Å². The normalized spacial score (nSPS) is 16.2.